The van der Waals surface area contributed by atoms with Crippen LogP contribution in [-0.4, -0.2) is 54.4 Å². The van der Waals surface area contributed by atoms with E-state index in [1.54, 1.807) is 12.0 Å². The van der Waals surface area contributed by atoms with E-state index >= 15 is 0 Å². The molecule has 2 saturated heterocycles. The Kier molecular flexibility index (Phi) is 9.30. The van der Waals surface area contributed by atoms with Crippen LogP contribution in [0.1, 0.15) is 56.1 Å². The van der Waals surface area contributed by atoms with E-state index in [0.717, 1.165) is 57.3 Å². The number of halogens is 1. The van der Waals surface area contributed by atoms with Gasteiger partial charge < -0.3 is 15.2 Å². The topological polar surface area (TPSA) is 65.0 Å². The Balaban J connectivity index is 1.32. The molecule has 0 aromatic heterocycles. The molecule has 0 radical (unpaired) electrons. The number of benzene rings is 2. The third kappa shape index (κ3) is 6.68. The number of nitrogens with zero attached hydrogens (tertiary/aromatic N) is 2. The zero-order valence-electron chi connectivity index (χ0n) is 20.9. The molecule has 35 heavy (non-hydrogen) atoms. The minimum Gasteiger partial charge on any atom is -0.495 e. The van der Waals surface area contributed by atoms with Crippen molar-refractivity contribution in [1.29, 1.82) is 0 Å². The zero-order chi connectivity index (χ0) is 24.8. The fourth-order valence-corrected chi connectivity index (χ4v) is 6.50. The summed E-state index contributed by atoms with van der Waals surface area (Å²) in [6.45, 7) is 5.04. The van der Waals surface area contributed by atoms with Crippen LogP contribution in [0.3, 0.4) is 0 Å². The zero-order valence-corrected chi connectivity index (χ0v) is 23.0. The molecule has 7 heteroatoms. The first kappa shape index (κ1) is 26.2. The standard InChI is InChI=1S/C28H38IN3O3/c1-20-11-12-27(35-2)26(15-20)32(28(33)34)25-17-23-9-6-10-24(18-25)31(23)14-4-3-13-30-19-21-7-5-8-22(29)16-21/h5,7-8,11-12,15-16,23-25,30H,3-4,6,9-10,13-14,17-19H2,1-2H3,(H,33,34). The number of unbranched alkanes of at least 4 members (excludes halogenated alkanes) is 1. The number of nitrogens with one attached hydrogen (secondary N) is 1. The third-order valence-electron chi connectivity index (χ3n) is 7.50. The molecule has 1 amide bonds. The highest BCUT2D eigenvalue weighted by Gasteiger charge is 2.42. The lowest BCUT2D eigenvalue weighted by atomic mass is 9.81. The molecule has 2 aliphatic rings. The SMILES string of the molecule is COc1ccc(C)cc1N(C(=O)O)C1CC2CCCC(C1)N2CCCCNCc1cccc(I)c1. The van der Waals surface area contributed by atoms with Gasteiger partial charge in [-0.25, -0.2) is 4.79 Å². The lowest BCUT2D eigenvalue weighted by molar-refractivity contribution is 0.0289. The second-order valence-electron chi connectivity index (χ2n) is 9.94. The molecule has 190 valence electrons. The molecule has 2 fully saturated rings. The van der Waals surface area contributed by atoms with Crippen molar-refractivity contribution >= 4 is 34.4 Å². The summed E-state index contributed by atoms with van der Waals surface area (Å²) in [5.41, 5.74) is 3.05. The molecular weight excluding hydrogens is 553 g/mol. The van der Waals surface area contributed by atoms with E-state index in [0.29, 0.717) is 23.5 Å². The van der Waals surface area contributed by atoms with Crippen molar-refractivity contribution in [2.75, 3.05) is 25.1 Å². The van der Waals surface area contributed by atoms with Crippen molar-refractivity contribution in [1.82, 2.24) is 10.2 Å². The van der Waals surface area contributed by atoms with E-state index in [1.165, 1.54) is 22.0 Å². The predicted molar refractivity (Wildman–Crippen MR) is 149 cm³/mol. The summed E-state index contributed by atoms with van der Waals surface area (Å²) >= 11 is 2.36. The van der Waals surface area contributed by atoms with Crippen molar-refractivity contribution in [3.8, 4) is 5.75 Å². The third-order valence-corrected chi connectivity index (χ3v) is 8.18. The van der Waals surface area contributed by atoms with Crippen LogP contribution < -0.4 is 15.0 Å². The van der Waals surface area contributed by atoms with Crippen molar-refractivity contribution in [3.63, 3.8) is 0 Å². The molecule has 2 bridgehead atoms. The Hall–Kier alpha value is -1.84. The normalized spacial score (nSPS) is 22.1. The first-order valence-corrected chi connectivity index (χ1v) is 13.9. The Labute approximate surface area is 223 Å². The molecule has 2 aliphatic heterocycles. The van der Waals surface area contributed by atoms with E-state index in [4.69, 9.17) is 4.74 Å². The predicted octanol–water partition coefficient (Wildman–Crippen LogP) is 6.05. The van der Waals surface area contributed by atoms with Gasteiger partial charge in [-0.15, -0.1) is 0 Å². The number of carboxylic acid groups (broad SMARTS) is 1. The Morgan fingerprint density at radius 1 is 1.17 bits per heavy atom. The molecule has 2 N–H and O–H groups in total. The summed E-state index contributed by atoms with van der Waals surface area (Å²) in [5, 5.41) is 13.8. The number of rotatable bonds is 10. The highest BCUT2D eigenvalue weighted by Crippen LogP contribution is 2.40. The van der Waals surface area contributed by atoms with Gasteiger partial charge in [0, 0.05) is 28.2 Å². The Bertz CT molecular complexity index is 987. The van der Waals surface area contributed by atoms with Gasteiger partial charge in [-0.2, -0.15) is 0 Å². The summed E-state index contributed by atoms with van der Waals surface area (Å²) in [4.78, 5) is 16.7. The average molecular weight is 592 g/mol. The number of carbonyl (C=O) groups is 1. The monoisotopic (exact) mass is 591 g/mol. The minimum absolute atomic E-state index is 0.00918. The maximum Gasteiger partial charge on any atom is 0.412 e. The molecular formula is C28H38IN3O3. The van der Waals surface area contributed by atoms with E-state index in [-0.39, 0.29) is 6.04 Å². The summed E-state index contributed by atoms with van der Waals surface area (Å²) in [7, 11) is 1.61. The van der Waals surface area contributed by atoms with Gasteiger partial charge in [0.05, 0.1) is 12.8 Å². The van der Waals surface area contributed by atoms with Crippen LogP contribution in [0.4, 0.5) is 10.5 Å². The van der Waals surface area contributed by atoms with Crippen molar-refractivity contribution in [2.45, 2.75) is 76.5 Å². The Morgan fingerprint density at radius 2 is 1.94 bits per heavy atom. The van der Waals surface area contributed by atoms with Gasteiger partial charge in [-0.05, 0) is 117 Å². The molecule has 2 atom stereocenters. The highest BCUT2D eigenvalue weighted by molar-refractivity contribution is 14.1. The van der Waals surface area contributed by atoms with Crippen LogP contribution in [0.15, 0.2) is 42.5 Å². The van der Waals surface area contributed by atoms with E-state index in [2.05, 4.69) is 57.1 Å². The fourth-order valence-electron chi connectivity index (χ4n) is 5.89. The number of methoxy groups -OCH3 is 1. The lowest BCUT2D eigenvalue weighted by Crippen LogP contribution is -2.58. The van der Waals surface area contributed by atoms with Gasteiger partial charge in [0.15, 0.2) is 0 Å². The number of amides is 1. The van der Waals surface area contributed by atoms with Gasteiger partial charge >= 0.3 is 6.09 Å². The highest BCUT2D eigenvalue weighted by atomic mass is 127. The Morgan fingerprint density at radius 3 is 2.63 bits per heavy atom. The number of anilines is 1. The minimum atomic E-state index is -0.885. The summed E-state index contributed by atoms with van der Waals surface area (Å²) in [6.07, 6.45) is 6.81. The molecule has 2 unspecified atom stereocenters. The second kappa shape index (κ2) is 12.4. The smallest absolute Gasteiger partial charge is 0.412 e. The van der Waals surface area contributed by atoms with E-state index in [9.17, 15) is 9.90 Å². The molecule has 2 heterocycles. The molecule has 4 rings (SSSR count). The second-order valence-corrected chi connectivity index (χ2v) is 11.2. The maximum absolute atomic E-state index is 12.4. The summed E-state index contributed by atoms with van der Waals surface area (Å²) in [6, 6.07) is 15.3. The van der Waals surface area contributed by atoms with Crippen molar-refractivity contribution < 1.29 is 14.6 Å². The number of fused-ring (bicyclic) bond motifs is 2. The lowest BCUT2D eigenvalue weighted by Gasteiger charge is -2.50. The van der Waals surface area contributed by atoms with Crippen molar-refractivity contribution in [2.24, 2.45) is 0 Å². The largest absolute Gasteiger partial charge is 0.495 e. The van der Waals surface area contributed by atoms with E-state index in [1.807, 2.05) is 25.1 Å². The summed E-state index contributed by atoms with van der Waals surface area (Å²) < 4.78 is 6.81. The molecule has 0 aliphatic carbocycles. The van der Waals surface area contributed by atoms with Gasteiger partial charge in [0.1, 0.15) is 5.75 Å². The first-order valence-electron chi connectivity index (χ1n) is 12.8. The summed E-state index contributed by atoms with van der Waals surface area (Å²) in [5.74, 6) is 0.628. The molecule has 2 aromatic rings. The number of hydrogen-bond acceptors (Lipinski definition) is 4. The number of aryl methyl sites for hydroxylation is 1. The first-order chi connectivity index (χ1) is 17.0. The van der Waals surface area contributed by atoms with Crippen LogP contribution >= 0.6 is 22.6 Å². The number of ether oxygens (including phenoxy) is 1. The van der Waals surface area contributed by atoms with Gasteiger partial charge in [0.2, 0.25) is 0 Å². The van der Waals surface area contributed by atoms with Gasteiger partial charge in [-0.3, -0.25) is 9.80 Å². The molecule has 0 saturated carbocycles. The average Bonchev–Trinajstić information content (AvgIpc) is 2.81. The molecule has 0 spiro atoms. The van der Waals surface area contributed by atoms with Crippen LogP contribution in [0.2, 0.25) is 0 Å². The van der Waals surface area contributed by atoms with Crippen LogP contribution in [0.5, 0.6) is 5.75 Å². The van der Waals surface area contributed by atoms with Crippen LogP contribution in [0.25, 0.3) is 0 Å². The fraction of sp³-hybridized carbons (Fsp3) is 0.536. The molecule has 6 nitrogen and oxygen atoms in total. The van der Waals surface area contributed by atoms with E-state index < -0.39 is 6.09 Å². The number of piperidine rings is 2. The van der Waals surface area contributed by atoms with Gasteiger partial charge in [-0.1, -0.05) is 24.6 Å². The van der Waals surface area contributed by atoms with Crippen LogP contribution in [0, 0.1) is 10.5 Å². The van der Waals surface area contributed by atoms with Gasteiger partial charge in [0.25, 0.3) is 0 Å². The quantitative estimate of drug-likeness (QED) is 0.260. The maximum atomic E-state index is 12.4. The number of hydrogen-bond donors (Lipinski definition) is 2. The van der Waals surface area contributed by atoms with Crippen molar-refractivity contribution in [3.05, 3.63) is 57.2 Å². The molecule has 2 aromatic carbocycles. The van der Waals surface area contributed by atoms with Crippen LogP contribution in [-0.2, 0) is 6.54 Å².